The number of hydrogen-bond donors (Lipinski definition) is 1. The van der Waals surface area contributed by atoms with Crippen LogP contribution in [0.5, 0.6) is 0 Å². The molecule has 0 aliphatic carbocycles. The highest BCUT2D eigenvalue weighted by molar-refractivity contribution is 4.92. The fraction of sp³-hybridized carbons (Fsp3) is 1.00. The van der Waals surface area contributed by atoms with E-state index in [1.165, 1.54) is 12.8 Å². The van der Waals surface area contributed by atoms with Crippen molar-refractivity contribution in [2.24, 2.45) is 5.41 Å². The van der Waals surface area contributed by atoms with Gasteiger partial charge < -0.3 is 10.1 Å². The summed E-state index contributed by atoms with van der Waals surface area (Å²) in [6, 6.07) is 1.24. The third-order valence-corrected chi connectivity index (χ3v) is 4.05. The molecule has 1 saturated heterocycles. The van der Waals surface area contributed by atoms with Gasteiger partial charge in [-0.2, -0.15) is 0 Å². The molecular weight excluding hydrogens is 248 g/mol. The summed E-state index contributed by atoms with van der Waals surface area (Å²) in [6.45, 7) is 19.8. The van der Waals surface area contributed by atoms with Gasteiger partial charge in [-0.15, -0.1) is 0 Å². The summed E-state index contributed by atoms with van der Waals surface area (Å²) in [5.41, 5.74) is 0.278. The van der Waals surface area contributed by atoms with Crippen LogP contribution in [-0.4, -0.2) is 48.8 Å². The van der Waals surface area contributed by atoms with Crippen LogP contribution in [0.15, 0.2) is 0 Å². The number of nitrogens with zero attached hydrogens (tertiary/aromatic N) is 1. The van der Waals surface area contributed by atoms with Crippen molar-refractivity contribution in [2.75, 3.05) is 26.2 Å². The maximum Gasteiger partial charge on any atom is 0.0600 e. The van der Waals surface area contributed by atoms with Gasteiger partial charge in [0.05, 0.1) is 12.2 Å². The Kier molecular flexibility index (Phi) is 6.49. The van der Waals surface area contributed by atoms with Crippen molar-refractivity contribution in [1.29, 1.82) is 0 Å². The molecule has 0 radical (unpaired) electrons. The molecule has 0 amide bonds. The predicted octanol–water partition coefficient (Wildman–Crippen LogP) is 3.29. The molecule has 1 rings (SSSR count). The predicted molar refractivity (Wildman–Crippen MR) is 87.2 cm³/mol. The molecule has 20 heavy (non-hydrogen) atoms. The molecule has 0 aromatic carbocycles. The quantitative estimate of drug-likeness (QED) is 0.838. The summed E-state index contributed by atoms with van der Waals surface area (Å²) >= 11 is 0. The Hall–Kier alpha value is -0.120. The third-order valence-electron chi connectivity index (χ3n) is 4.05. The van der Waals surface area contributed by atoms with Gasteiger partial charge in [0.15, 0.2) is 0 Å². The second kappa shape index (κ2) is 7.24. The minimum absolute atomic E-state index is 0.0336. The van der Waals surface area contributed by atoms with Gasteiger partial charge in [0, 0.05) is 31.7 Å². The molecule has 1 aliphatic rings. The largest absolute Gasteiger partial charge is 0.375 e. The van der Waals surface area contributed by atoms with Crippen molar-refractivity contribution in [1.82, 2.24) is 10.2 Å². The van der Waals surface area contributed by atoms with Gasteiger partial charge in [0.2, 0.25) is 0 Å². The van der Waals surface area contributed by atoms with Crippen molar-refractivity contribution >= 4 is 0 Å². The molecule has 1 heterocycles. The first-order valence-corrected chi connectivity index (χ1v) is 8.25. The Morgan fingerprint density at radius 1 is 1.15 bits per heavy atom. The van der Waals surface area contributed by atoms with E-state index in [4.69, 9.17) is 4.74 Å². The molecule has 3 heteroatoms. The zero-order valence-electron chi connectivity index (χ0n) is 14.8. The van der Waals surface area contributed by atoms with E-state index in [9.17, 15) is 0 Å². The first-order valence-electron chi connectivity index (χ1n) is 8.25. The van der Waals surface area contributed by atoms with Crippen molar-refractivity contribution < 1.29 is 4.74 Å². The summed E-state index contributed by atoms with van der Waals surface area (Å²) in [4.78, 5) is 2.64. The van der Waals surface area contributed by atoms with Crippen LogP contribution < -0.4 is 5.32 Å². The summed E-state index contributed by atoms with van der Waals surface area (Å²) in [6.07, 6.45) is 2.53. The molecule has 1 N–H and O–H groups in total. The van der Waals surface area contributed by atoms with E-state index < -0.39 is 0 Å². The van der Waals surface area contributed by atoms with E-state index in [1.54, 1.807) is 0 Å². The van der Waals surface area contributed by atoms with Crippen LogP contribution in [0.2, 0.25) is 0 Å². The first kappa shape index (κ1) is 17.9. The zero-order chi connectivity index (χ0) is 15.4. The van der Waals surface area contributed by atoms with Gasteiger partial charge in [0.25, 0.3) is 0 Å². The third kappa shape index (κ3) is 6.11. The van der Waals surface area contributed by atoms with Crippen LogP contribution in [0.4, 0.5) is 0 Å². The topological polar surface area (TPSA) is 24.5 Å². The minimum Gasteiger partial charge on any atom is -0.375 e. The van der Waals surface area contributed by atoms with E-state index in [2.05, 4.69) is 58.7 Å². The van der Waals surface area contributed by atoms with E-state index in [0.717, 1.165) is 26.2 Å². The van der Waals surface area contributed by atoms with Crippen molar-refractivity contribution in [3.05, 3.63) is 0 Å². The monoisotopic (exact) mass is 284 g/mol. The lowest BCUT2D eigenvalue weighted by molar-refractivity contribution is -0.0328. The maximum atomic E-state index is 5.93. The van der Waals surface area contributed by atoms with E-state index in [0.29, 0.717) is 17.5 Å². The number of ether oxygens (including phenoxy) is 1. The van der Waals surface area contributed by atoms with Gasteiger partial charge >= 0.3 is 0 Å². The van der Waals surface area contributed by atoms with Gasteiger partial charge in [0.1, 0.15) is 0 Å². The highest BCUT2D eigenvalue weighted by Crippen LogP contribution is 2.27. The number of nitrogens with one attached hydrogen (secondary N) is 1. The molecule has 2 unspecified atom stereocenters. The van der Waals surface area contributed by atoms with Crippen LogP contribution in [-0.2, 0) is 4.74 Å². The molecule has 1 aliphatic heterocycles. The number of piperazine rings is 1. The van der Waals surface area contributed by atoms with E-state index >= 15 is 0 Å². The Labute approximate surface area is 126 Å². The fourth-order valence-electron chi connectivity index (χ4n) is 2.99. The summed E-state index contributed by atoms with van der Waals surface area (Å²) < 4.78 is 5.93. The highest BCUT2D eigenvalue weighted by Gasteiger charge is 2.35. The molecule has 0 saturated carbocycles. The molecule has 120 valence electrons. The molecular formula is C17H36N2O. The van der Waals surface area contributed by atoms with Crippen LogP contribution >= 0.6 is 0 Å². The van der Waals surface area contributed by atoms with Crippen LogP contribution in [0, 0.1) is 5.41 Å². The normalized spacial score (nSPS) is 25.9. The zero-order valence-corrected chi connectivity index (χ0v) is 14.8. The second-order valence-electron chi connectivity index (χ2n) is 8.23. The summed E-state index contributed by atoms with van der Waals surface area (Å²) in [5.74, 6) is 0. The Morgan fingerprint density at radius 2 is 1.80 bits per heavy atom. The van der Waals surface area contributed by atoms with Crippen LogP contribution in [0.25, 0.3) is 0 Å². The van der Waals surface area contributed by atoms with Crippen molar-refractivity contribution in [2.45, 2.75) is 79.0 Å². The van der Waals surface area contributed by atoms with Crippen molar-refractivity contribution in [3.8, 4) is 0 Å². The van der Waals surface area contributed by atoms with Crippen LogP contribution in [0.3, 0.4) is 0 Å². The Balaban J connectivity index is 2.58. The summed E-state index contributed by atoms with van der Waals surface area (Å²) in [5, 5.41) is 3.73. The van der Waals surface area contributed by atoms with Gasteiger partial charge in [-0.25, -0.2) is 0 Å². The minimum atomic E-state index is -0.0336. The lowest BCUT2D eigenvalue weighted by Crippen LogP contribution is -2.61. The first-order chi connectivity index (χ1) is 9.13. The standard InChI is InChI=1S/C17H36N2O/c1-8-9-14-13-19(10-11-20-17(5,6)7)15(12-18-14)16(2,3)4/h14-15,18H,8-13H2,1-7H3. The highest BCUT2D eigenvalue weighted by atomic mass is 16.5. The number of rotatable bonds is 5. The molecule has 2 atom stereocenters. The summed E-state index contributed by atoms with van der Waals surface area (Å²) in [7, 11) is 0. The molecule has 0 aromatic rings. The average molecular weight is 284 g/mol. The molecule has 0 bridgehead atoms. The van der Waals surface area contributed by atoms with Gasteiger partial charge in [-0.3, -0.25) is 4.90 Å². The second-order valence-corrected chi connectivity index (χ2v) is 8.23. The molecule has 1 fully saturated rings. The maximum absolute atomic E-state index is 5.93. The van der Waals surface area contributed by atoms with Crippen LogP contribution in [0.1, 0.15) is 61.3 Å². The Morgan fingerprint density at radius 3 is 2.30 bits per heavy atom. The van der Waals surface area contributed by atoms with Gasteiger partial charge in [-0.1, -0.05) is 34.1 Å². The lowest BCUT2D eigenvalue weighted by Gasteiger charge is -2.46. The SMILES string of the molecule is CCCC1CN(CCOC(C)(C)C)C(C(C)(C)C)CN1. The molecule has 0 spiro atoms. The molecule has 3 nitrogen and oxygen atoms in total. The smallest absolute Gasteiger partial charge is 0.0600 e. The van der Waals surface area contributed by atoms with Crippen molar-refractivity contribution in [3.63, 3.8) is 0 Å². The molecule has 0 aromatic heterocycles. The van der Waals surface area contributed by atoms with Gasteiger partial charge in [-0.05, 0) is 32.6 Å². The lowest BCUT2D eigenvalue weighted by atomic mass is 9.83. The fourth-order valence-corrected chi connectivity index (χ4v) is 2.99. The van der Waals surface area contributed by atoms with E-state index in [1.807, 2.05) is 0 Å². The Bertz CT molecular complexity index is 278. The van der Waals surface area contributed by atoms with E-state index in [-0.39, 0.29) is 5.60 Å². The number of hydrogen-bond acceptors (Lipinski definition) is 3. The average Bonchev–Trinajstić information content (AvgIpc) is 2.26.